The number of nitrogens with zero attached hydrogens (tertiary/aromatic N) is 1. The summed E-state index contributed by atoms with van der Waals surface area (Å²) in [5, 5.41) is 22.7. The van der Waals surface area contributed by atoms with Crippen LogP contribution in [0.2, 0.25) is 0 Å². The molecule has 0 amide bonds. The molecule has 2 aromatic carbocycles. The summed E-state index contributed by atoms with van der Waals surface area (Å²) < 4.78 is 18.9. The smallest absolute Gasteiger partial charge is 0.308 e. The second-order valence-corrected chi connectivity index (χ2v) is 10.1. The summed E-state index contributed by atoms with van der Waals surface area (Å²) in [7, 11) is 0. The molecule has 0 saturated carbocycles. The summed E-state index contributed by atoms with van der Waals surface area (Å²) in [5.41, 5.74) is 0.382. The van der Waals surface area contributed by atoms with Crippen molar-refractivity contribution in [2.45, 2.75) is 70.8 Å². The Morgan fingerprint density at radius 3 is 2.38 bits per heavy atom. The molecule has 6 heteroatoms. The quantitative estimate of drug-likeness (QED) is 0.460. The number of halogens is 1. The minimum atomic E-state index is -1.04. The van der Waals surface area contributed by atoms with Gasteiger partial charge < -0.3 is 14.9 Å². The first-order valence-corrected chi connectivity index (χ1v) is 11.6. The molecule has 0 saturated heterocycles. The van der Waals surface area contributed by atoms with Crippen molar-refractivity contribution < 1.29 is 24.1 Å². The lowest BCUT2D eigenvalue weighted by Gasteiger charge is -2.32. The molecule has 3 rings (SSSR count). The predicted octanol–water partition coefficient (Wildman–Crippen LogP) is 3.45. The lowest BCUT2D eigenvalue weighted by Crippen LogP contribution is -2.33. The van der Waals surface area contributed by atoms with Gasteiger partial charge in [0.25, 0.3) is 0 Å². The standard InChI is InChI=1S/C28H34FNO4/c1-18(2)28(15-14-21(31)16-22(32)17-25(33)34-27(3,4)5)26(19-10-12-20(29)13-11-19)23-8-6-7-9-24(23)30-28/h6-15,18,21-22,31-32H,16-17H2,1-5H3/b15-14+/t21-,22-,28-/m0/s1. The Bertz CT molecular complexity index is 1160. The van der Waals surface area contributed by atoms with E-state index in [1.54, 1.807) is 39.0 Å². The number of hydrogen-bond acceptors (Lipinski definition) is 5. The van der Waals surface area contributed by atoms with E-state index in [4.69, 9.17) is 9.73 Å². The highest BCUT2D eigenvalue weighted by Crippen LogP contribution is 2.38. The summed E-state index contributed by atoms with van der Waals surface area (Å²) in [4.78, 5) is 17.0. The van der Waals surface area contributed by atoms with Gasteiger partial charge in [0.2, 0.25) is 0 Å². The van der Waals surface area contributed by atoms with Gasteiger partial charge in [-0.3, -0.25) is 9.79 Å². The first kappa shape index (κ1) is 25.8. The number of benzene rings is 2. The second-order valence-electron chi connectivity index (χ2n) is 10.1. The Balaban J connectivity index is 1.89. The van der Waals surface area contributed by atoms with Crippen LogP contribution in [0.15, 0.2) is 65.7 Å². The molecule has 0 fully saturated rings. The van der Waals surface area contributed by atoms with Crippen LogP contribution in [0.4, 0.5) is 4.39 Å². The van der Waals surface area contributed by atoms with E-state index in [2.05, 4.69) is 0 Å². The summed E-state index contributed by atoms with van der Waals surface area (Å²) >= 11 is 0. The van der Waals surface area contributed by atoms with E-state index in [1.165, 1.54) is 12.1 Å². The second kappa shape index (κ2) is 10.2. The van der Waals surface area contributed by atoms with Gasteiger partial charge in [-0.05, 0) is 50.5 Å². The molecule has 3 atom stereocenters. The molecule has 0 radical (unpaired) electrons. The van der Waals surface area contributed by atoms with Crippen LogP contribution in [-0.2, 0) is 9.53 Å². The lowest BCUT2D eigenvalue weighted by atomic mass is 9.76. The van der Waals surface area contributed by atoms with Crippen LogP contribution in [0.3, 0.4) is 0 Å². The number of hydrogen-bond donors (Lipinski definition) is 2. The number of rotatable bonds is 8. The zero-order chi connectivity index (χ0) is 25.1. The molecule has 0 unspecified atom stereocenters. The van der Waals surface area contributed by atoms with Crippen molar-refractivity contribution in [3.63, 3.8) is 0 Å². The Kier molecular flexibility index (Phi) is 7.74. The van der Waals surface area contributed by atoms with E-state index in [1.807, 2.05) is 44.2 Å². The number of ether oxygens (including phenoxy) is 1. The summed E-state index contributed by atoms with van der Waals surface area (Å²) in [5.74, 6) is -0.800. The molecule has 1 aliphatic rings. The largest absolute Gasteiger partial charge is 0.460 e. The van der Waals surface area contributed by atoms with Crippen LogP contribution < -0.4 is 10.6 Å². The average molecular weight is 468 g/mol. The maximum absolute atomic E-state index is 13.6. The van der Waals surface area contributed by atoms with Crippen LogP contribution in [-0.4, -0.2) is 39.5 Å². The third-order valence-electron chi connectivity index (χ3n) is 5.80. The molecule has 2 N–H and O–H groups in total. The average Bonchev–Trinajstić information content (AvgIpc) is 3.07. The normalized spacial score (nSPS) is 19.7. The zero-order valence-electron chi connectivity index (χ0n) is 20.5. The van der Waals surface area contributed by atoms with E-state index in [0.29, 0.717) is 0 Å². The number of carbonyl (C=O) groups excluding carboxylic acids is 1. The molecule has 34 heavy (non-hydrogen) atoms. The Labute approximate surface area is 200 Å². The van der Waals surface area contributed by atoms with E-state index in [0.717, 1.165) is 21.7 Å². The third kappa shape index (κ3) is 5.99. The maximum Gasteiger partial charge on any atom is 0.308 e. The van der Waals surface area contributed by atoms with Crippen molar-refractivity contribution >= 4 is 11.5 Å². The number of esters is 1. The molecular weight excluding hydrogens is 433 g/mol. The third-order valence-corrected chi connectivity index (χ3v) is 5.80. The fourth-order valence-electron chi connectivity index (χ4n) is 4.26. The first-order chi connectivity index (χ1) is 15.9. The topological polar surface area (TPSA) is 79.1 Å². The minimum absolute atomic E-state index is 0.0112. The molecule has 0 bridgehead atoms. The van der Waals surface area contributed by atoms with Gasteiger partial charge in [0.1, 0.15) is 17.0 Å². The van der Waals surface area contributed by atoms with Crippen molar-refractivity contribution in [3.8, 4) is 0 Å². The summed E-state index contributed by atoms with van der Waals surface area (Å²) in [6.45, 7) is 9.38. The van der Waals surface area contributed by atoms with E-state index in [9.17, 15) is 19.4 Å². The van der Waals surface area contributed by atoms with E-state index in [-0.39, 0.29) is 24.6 Å². The monoisotopic (exact) mass is 467 g/mol. The fourth-order valence-corrected chi connectivity index (χ4v) is 4.26. The van der Waals surface area contributed by atoms with Gasteiger partial charge in [-0.15, -0.1) is 0 Å². The molecule has 0 aromatic heterocycles. The van der Waals surface area contributed by atoms with Gasteiger partial charge in [-0.2, -0.15) is 0 Å². The van der Waals surface area contributed by atoms with Crippen LogP contribution in [0.1, 0.15) is 53.0 Å². The fraction of sp³-hybridized carbons (Fsp3) is 0.429. The zero-order valence-corrected chi connectivity index (χ0v) is 20.5. The van der Waals surface area contributed by atoms with E-state index < -0.39 is 29.3 Å². The molecule has 5 nitrogen and oxygen atoms in total. The highest BCUT2D eigenvalue weighted by atomic mass is 19.1. The molecule has 182 valence electrons. The van der Waals surface area contributed by atoms with Gasteiger partial charge in [-0.25, -0.2) is 4.39 Å². The summed E-state index contributed by atoms with van der Waals surface area (Å²) in [6.07, 6.45) is 1.26. The number of aliphatic hydroxyl groups is 2. The van der Waals surface area contributed by atoms with Crippen LogP contribution in [0.5, 0.6) is 0 Å². The molecule has 0 aliphatic carbocycles. The first-order valence-electron chi connectivity index (χ1n) is 11.6. The number of aliphatic hydroxyl groups excluding tert-OH is 2. The van der Waals surface area contributed by atoms with Gasteiger partial charge in [-0.1, -0.05) is 56.3 Å². The van der Waals surface area contributed by atoms with Gasteiger partial charge in [0.15, 0.2) is 0 Å². The number of para-hydroxylation sites is 1. The maximum atomic E-state index is 13.6. The summed E-state index contributed by atoms with van der Waals surface area (Å²) in [6, 6.07) is 14.2. The highest BCUT2D eigenvalue weighted by Gasteiger charge is 2.39. The number of fused-ring (bicyclic) bond motifs is 1. The van der Waals surface area contributed by atoms with Crippen LogP contribution in [0, 0.1) is 11.7 Å². The number of carbonyl (C=O) groups is 1. The molecule has 1 aliphatic heterocycles. The molecule has 2 aromatic rings. The Morgan fingerprint density at radius 1 is 1.12 bits per heavy atom. The molecular formula is C28H34FNO4. The Morgan fingerprint density at radius 2 is 1.76 bits per heavy atom. The lowest BCUT2D eigenvalue weighted by molar-refractivity contribution is -0.157. The minimum Gasteiger partial charge on any atom is -0.460 e. The van der Waals surface area contributed by atoms with Gasteiger partial charge in [0.05, 0.1) is 24.0 Å². The van der Waals surface area contributed by atoms with Crippen LogP contribution >= 0.6 is 0 Å². The SMILES string of the molecule is CC(C)[C@]1(/C=C/[C@H](O)C[C@H](O)CC(=O)OC(C)(C)C)N=c2ccccc2=C1c1ccc(F)cc1. The van der Waals surface area contributed by atoms with E-state index >= 15 is 0 Å². The molecule has 1 heterocycles. The van der Waals surface area contributed by atoms with Crippen molar-refractivity contribution in [3.05, 3.63) is 82.6 Å². The van der Waals surface area contributed by atoms with Crippen molar-refractivity contribution in [1.29, 1.82) is 0 Å². The molecule has 0 spiro atoms. The van der Waals surface area contributed by atoms with Crippen molar-refractivity contribution in [2.75, 3.05) is 0 Å². The van der Waals surface area contributed by atoms with Crippen molar-refractivity contribution in [2.24, 2.45) is 10.9 Å². The predicted molar refractivity (Wildman–Crippen MR) is 130 cm³/mol. The van der Waals surface area contributed by atoms with Crippen molar-refractivity contribution in [1.82, 2.24) is 0 Å². The van der Waals surface area contributed by atoms with Crippen LogP contribution in [0.25, 0.3) is 5.57 Å². The van der Waals surface area contributed by atoms with Gasteiger partial charge in [0, 0.05) is 17.2 Å². The Hall–Kier alpha value is -2.83. The van der Waals surface area contributed by atoms with Gasteiger partial charge >= 0.3 is 5.97 Å². The highest BCUT2D eigenvalue weighted by molar-refractivity contribution is 5.77.